The smallest absolute Gasteiger partial charge is 0.345 e. The van der Waals surface area contributed by atoms with Crippen LogP contribution in [0.2, 0.25) is 0 Å². The lowest BCUT2D eigenvalue weighted by molar-refractivity contribution is -0.385. The number of rotatable bonds is 3. The molecule has 0 saturated carbocycles. The van der Waals surface area contributed by atoms with Gasteiger partial charge in [-0.1, -0.05) is 24.3 Å². The molecule has 0 N–H and O–H groups in total. The average Bonchev–Trinajstić information content (AvgIpc) is 2.37. The highest BCUT2D eigenvalue weighted by molar-refractivity contribution is 6.00. The highest BCUT2D eigenvalue weighted by Crippen LogP contribution is 2.26. The van der Waals surface area contributed by atoms with Crippen molar-refractivity contribution in [2.45, 2.75) is 6.92 Å². The molecule has 2 aromatic carbocycles. The lowest BCUT2D eigenvalue weighted by atomic mass is 10.1. The number of carbonyl (C=O) groups is 1. The van der Waals surface area contributed by atoms with Crippen molar-refractivity contribution >= 4 is 22.4 Å². The molecule has 0 fully saturated rings. The van der Waals surface area contributed by atoms with E-state index in [0.29, 0.717) is 0 Å². The predicted octanol–water partition coefficient (Wildman–Crippen LogP) is 2.92. The van der Waals surface area contributed by atoms with Crippen LogP contribution in [0.25, 0.3) is 10.8 Å². The summed E-state index contributed by atoms with van der Waals surface area (Å²) < 4.78 is 4.82. The Hall–Kier alpha value is -2.43. The summed E-state index contributed by atoms with van der Waals surface area (Å²) in [6.45, 7) is 1.84. The first-order valence-electron chi connectivity index (χ1n) is 5.47. The van der Waals surface area contributed by atoms with Gasteiger partial charge < -0.3 is 4.74 Å². The number of nitrogens with zero attached hydrogens (tertiary/aromatic N) is 1. The zero-order valence-corrected chi connectivity index (χ0v) is 9.75. The monoisotopic (exact) mass is 245 g/mol. The Morgan fingerprint density at radius 1 is 1.28 bits per heavy atom. The van der Waals surface area contributed by atoms with Crippen LogP contribution in [-0.4, -0.2) is 17.5 Å². The van der Waals surface area contributed by atoms with E-state index in [9.17, 15) is 14.9 Å². The lowest BCUT2D eigenvalue weighted by Crippen LogP contribution is -2.08. The van der Waals surface area contributed by atoms with E-state index in [1.165, 1.54) is 12.1 Å². The van der Waals surface area contributed by atoms with Crippen molar-refractivity contribution in [3.8, 4) is 0 Å². The van der Waals surface area contributed by atoms with Crippen molar-refractivity contribution in [3.05, 3.63) is 52.1 Å². The van der Waals surface area contributed by atoms with E-state index in [1.807, 2.05) is 6.07 Å². The topological polar surface area (TPSA) is 69.4 Å². The molecule has 2 aromatic rings. The normalized spacial score (nSPS) is 10.3. The number of nitro benzene ring substituents is 1. The number of hydrogen-bond acceptors (Lipinski definition) is 4. The average molecular weight is 245 g/mol. The van der Waals surface area contributed by atoms with Crippen LogP contribution in [0, 0.1) is 10.1 Å². The molecule has 5 nitrogen and oxygen atoms in total. The molecule has 0 aliphatic carbocycles. The molecule has 0 bridgehead atoms. The van der Waals surface area contributed by atoms with Gasteiger partial charge in [0.25, 0.3) is 5.69 Å². The fraction of sp³-hybridized carbons (Fsp3) is 0.154. The molecular formula is C13H11NO4. The highest BCUT2D eigenvalue weighted by Gasteiger charge is 2.21. The number of carbonyl (C=O) groups excluding carboxylic acids is 1. The van der Waals surface area contributed by atoms with E-state index in [2.05, 4.69) is 0 Å². The Morgan fingerprint density at radius 2 is 1.89 bits per heavy atom. The van der Waals surface area contributed by atoms with E-state index in [1.54, 1.807) is 25.1 Å². The van der Waals surface area contributed by atoms with Gasteiger partial charge >= 0.3 is 5.97 Å². The van der Waals surface area contributed by atoms with Crippen molar-refractivity contribution in [1.29, 1.82) is 0 Å². The first-order chi connectivity index (χ1) is 8.63. The van der Waals surface area contributed by atoms with Gasteiger partial charge in [0.05, 0.1) is 11.5 Å². The third-order valence-electron chi connectivity index (χ3n) is 2.56. The minimum atomic E-state index is -0.671. The molecule has 0 aliphatic rings. The van der Waals surface area contributed by atoms with Gasteiger partial charge in [0.2, 0.25) is 0 Å². The highest BCUT2D eigenvalue weighted by atomic mass is 16.6. The zero-order valence-electron chi connectivity index (χ0n) is 9.75. The van der Waals surface area contributed by atoms with Gasteiger partial charge in [0.1, 0.15) is 5.56 Å². The second-order valence-corrected chi connectivity index (χ2v) is 3.69. The van der Waals surface area contributed by atoms with Crippen LogP contribution in [0.4, 0.5) is 5.69 Å². The molecule has 5 heteroatoms. The molecule has 0 saturated heterocycles. The van der Waals surface area contributed by atoms with E-state index >= 15 is 0 Å². The first kappa shape index (κ1) is 12.0. The minimum Gasteiger partial charge on any atom is -0.462 e. The third-order valence-corrected chi connectivity index (χ3v) is 2.56. The van der Waals surface area contributed by atoms with Gasteiger partial charge in [-0.25, -0.2) is 4.79 Å². The van der Waals surface area contributed by atoms with Crippen LogP contribution in [0.1, 0.15) is 17.3 Å². The Bertz CT molecular complexity index is 621. The maximum atomic E-state index is 11.7. The standard InChI is InChI=1S/C13H11NO4/c1-2-18-13(15)11-7-9-5-3-4-6-10(9)8-12(11)14(16)17/h3-8H,2H2,1H3. The Balaban J connectivity index is 2.65. The Kier molecular flexibility index (Phi) is 3.23. The molecule has 18 heavy (non-hydrogen) atoms. The lowest BCUT2D eigenvalue weighted by Gasteiger charge is -2.05. The summed E-state index contributed by atoms with van der Waals surface area (Å²) in [7, 11) is 0. The molecule has 0 radical (unpaired) electrons. The quantitative estimate of drug-likeness (QED) is 0.473. The summed E-state index contributed by atoms with van der Waals surface area (Å²) in [6, 6.07) is 10.0. The van der Waals surface area contributed by atoms with E-state index in [4.69, 9.17) is 4.74 Å². The van der Waals surface area contributed by atoms with Crippen LogP contribution in [0.5, 0.6) is 0 Å². The third kappa shape index (κ3) is 2.15. The first-order valence-corrected chi connectivity index (χ1v) is 5.47. The Labute approximate surface area is 103 Å². The summed E-state index contributed by atoms with van der Waals surface area (Å²) in [5.41, 5.74) is -0.243. The molecule has 0 heterocycles. The van der Waals surface area contributed by atoms with Crippen LogP contribution in [0.15, 0.2) is 36.4 Å². The van der Waals surface area contributed by atoms with Gasteiger partial charge in [-0.3, -0.25) is 10.1 Å². The summed E-state index contributed by atoms with van der Waals surface area (Å²) in [5.74, 6) is -0.671. The molecule has 2 rings (SSSR count). The van der Waals surface area contributed by atoms with Crippen LogP contribution < -0.4 is 0 Å². The predicted molar refractivity (Wildman–Crippen MR) is 66.6 cm³/mol. The van der Waals surface area contributed by atoms with Gasteiger partial charge in [0, 0.05) is 6.07 Å². The number of fused-ring (bicyclic) bond motifs is 1. The van der Waals surface area contributed by atoms with Crippen molar-refractivity contribution in [1.82, 2.24) is 0 Å². The summed E-state index contributed by atoms with van der Waals surface area (Å²) >= 11 is 0. The number of benzene rings is 2. The van der Waals surface area contributed by atoms with Crippen LogP contribution >= 0.6 is 0 Å². The molecule has 92 valence electrons. The fourth-order valence-corrected chi connectivity index (χ4v) is 1.75. The molecule has 0 amide bonds. The molecule has 0 atom stereocenters. The van der Waals surface area contributed by atoms with Crippen LogP contribution in [-0.2, 0) is 4.74 Å². The van der Waals surface area contributed by atoms with Crippen molar-refractivity contribution < 1.29 is 14.5 Å². The maximum Gasteiger partial charge on any atom is 0.345 e. The number of hydrogen-bond donors (Lipinski definition) is 0. The molecule has 0 spiro atoms. The van der Waals surface area contributed by atoms with Crippen molar-refractivity contribution in [2.75, 3.05) is 6.61 Å². The van der Waals surface area contributed by atoms with Gasteiger partial charge in [-0.15, -0.1) is 0 Å². The molecule has 0 aromatic heterocycles. The van der Waals surface area contributed by atoms with E-state index < -0.39 is 10.9 Å². The van der Waals surface area contributed by atoms with Gasteiger partial charge in [-0.05, 0) is 23.8 Å². The van der Waals surface area contributed by atoms with Crippen molar-refractivity contribution in [2.24, 2.45) is 0 Å². The van der Waals surface area contributed by atoms with E-state index in [0.717, 1.165) is 10.8 Å². The number of esters is 1. The maximum absolute atomic E-state index is 11.7. The number of ether oxygens (including phenoxy) is 1. The molecule has 0 aliphatic heterocycles. The summed E-state index contributed by atoms with van der Waals surface area (Å²) in [6.07, 6.45) is 0. The van der Waals surface area contributed by atoms with Gasteiger partial charge in [-0.2, -0.15) is 0 Å². The van der Waals surface area contributed by atoms with Gasteiger partial charge in [0.15, 0.2) is 0 Å². The summed E-state index contributed by atoms with van der Waals surface area (Å²) in [5, 5.41) is 12.5. The molecule has 0 unspecified atom stereocenters. The SMILES string of the molecule is CCOC(=O)c1cc2ccccc2cc1[N+](=O)[O-]. The Morgan fingerprint density at radius 3 is 2.44 bits per heavy atom. The second-order valence-electron chi connectivity index (χ2n) is 3.69. The fourth-order valence-electron chi connectivity index (χ4n) is 1.75. The minimum absolute atomic E-state index is 0.0134. The van der Waals surface area contributed by atoms with E-state index in [-0.39, 0.29) is 17.9 Å². The molecular weight excluding hydrogens is 234 g/mol. The second kappa shape index (κ2) is 4.83. The van der Waals surface area contributed by atoms with Crippen molar-refractivity contribution in [3.63, 3.8) is 0 Å². The van der Waals surface area contributed by atoms with Crippen LogP contribution in [0.3, 0.4) is 0 Å². The zero-order chi connectivity index (χ0) is 13.1. The number of nitro groups is 1. The summed E-state index contributed by atoms with van der Waals surface area (Å²) in [4.78, 5) is 22.1. The largest absolute Gasteiger partial charge is 0.462 e.